The van der Waals surface area contributed by atoms with Gasteiger partial charge < -0.3 is 9.80 Å². The summed E-state index contributed by atoms with van der Waals surface area (Å²) in [4.78, 5) is 10.4. The zero-order valence-electron chi connectivity index (χ0n) is 14.4. The molecule has 29 heavy (non-hydrogen) atoms. The summed E-state index contributed by atoms with van der Waals surface area (Å²) in [5.74, 6) is -5.14. The third-order valence-electron chi connectivity index (χ3n) is 4.09. The molecule has 0 bridgehead atoms. The molecule has 0 unspecified atom stereocenters. The van der Waals surface area contributed by atoms with Crippen molar-refractivity contribution in [1.29, 1.82) is 0 Å². The van der Waals surface area contributed by atoms with Gasteiger partial charge in [-0.1, -0.05) is 18.2 Å². The average Bonchev–Trinajstić information content (AvgIpc) is 3.07. The van der Waals surface area contributed by atoms with E-state index in [1.165, 1.54) is 11.6 Å². The Hall–Kier alpha value is -2.58. The molecular formula is C19H11F5IrN4-2. The van der Waals surface area contributed by atoms with E-state index in [-0.39, 0.29) is 31.7 Å². The number of aromatic nitrogens is 2. The van der Waals surface area contributed by atoms with Crippen molar-refractivity contribution in [2.45, 2.75) is 12.1 Å². The van der Waals surface area contributed by atoms with Crippen LogP contribution in [0.1, 0.15) is 5.69 Å². The number of nitrogens with zero attached hydrogens (tertiary/aromatic N) is 4. The Kier molecular flexibility index (Phi) is 5.60. The number of alkyl halides is 5. The largest absolute Gasteiger partial charge is 0.477 e. The van der Waals surface area contributed by atoms with Crippen LogP contribution in [0, 0.1) is 12.7 Å². The Morgan fingerprint density at radius 1 is 0.862 bits per heavy atom. The number of halogens is 5. The molecule has 0 N–H and O–H groups in total. The van der Waals surface area contributed by atoms with E-state index in [4.69, 9.17) is 0 Å². The number of hydrogen-bond acceptors (Lipinski definition) is 4. The third kappa shape index (κ3) is 3.70. The van der Waals surface area contributed by atoms with Gasteiger partial charge in [0.25, 0.3) is 0 Å². The van der Waals surface area contributed by atoms with Crippen molar-refractivity contribution in [3.8, 4) is 0 Å². The SMILES string of the molecule is FC(F)(F)C(F)(F)c1cnc2c(n1)N(c1[c-]cccc1)[CH-]N2c1ccccc1.[Ir]. The third-order valence-corrected chi connectivity index (χ3v) is 4.09. The van der Waals surface area contributed by atoms with Crippen LogP contribution < -0.4 is 9.80 Å². The normalized spacial score (nSPS) is 13.8. The molecule has 0 atom stereocenters. The summed E-state index contributed by atoms with van der Waals surface area (Å²) >= 11 is 0. The molecule has 3 aromatic rings. The van der Waals surface area contributed by atoms with Crippen LogP contribution in [0.4, 0.5) is 45.0 Å². The molecular weight excluding hydrogens is 571 g/mol. The smallest absolute Gasteiger partial charge is 0.459 e. The molecule has 1 aliphatic heterocycles. The Labute approximate surface area is 176 Å². The standard InChI is InChI=1S/C19H11F5N4.Ir/c20-18(21,19(22,23)24)15-11-25-16-17(26-15)28(14-9-5-2-6-10-14)12-27(16)13-7-3-1-4-8-13;/h1-9,11-12H;/q-2;. The molecule has 4 rings (SSSR count). The molecule has 0 aliphatic carbocycles. The van der Waals surface area contributed by atoms with Crippen molar-refractivity contribution in [1.82, 2.24) is 9.97 Å². The fourth-order valence-corrected chi connectivity index (χ4v) is 2.71. The molecule has 0 fully saturated rings. The first-order valence-electron chi connectivity index (χ1n) is 8.06. The second-order valence-electron chi connectivity index (χ2n) is 5.91. The van der Waals surface area contributed by atoms with E-state index in [2.05, 4.69) is 16.0 Å². The summed E-state index contributed by atoms with van der Waals surface area (Å²) in [5, 5.41) is 0. The van der Waals surface area contributed by atoms with E-state index in [9.17, 15) is 22.0 Å². The van der Waals surface area contributed by atoms with Gasteiger partial charge >= 0.3 is 12.1 Å². The predicted octanol–water partition coefficient (Wildman–Crippen LogP) is 5.34. The molecule has 2 heterocycles. The van der Waals surface area contributed by atoms with Crippen molar-refractivity contribution in [3.05, 3.63) is 79.2 Å². The first kappa shape index (κ1) is 21.1. The minimum absolute atomic E-state index is 0. The van der Waals surface area contributed by atoms with E-state index < -0.39 is 17.8 Å². The Morgan fingerprint density at radius 3 is 2.17 bits per heavy atom. The van der Waals surface area contributed by atoms with Gasteiger partial charge in [0.15, 0.2) is 0 Å². The number of para-hydroxylation sites is 2. The maximum Gasteiger partial charge on any atom is 0.459 e. The molecule has 0 amide bonds. The van der Waals surface area contributed by atoms with Crippen LogP contribution in [0.3, 0.4) is 0 Å². The van der Waals surface area contributed by atoms with Gasteiger partial charge in [-0.25, -0.2) is 9.97 Å². The first-order chi connectivity index (χ1) is 13.3. The van der Waals surface area contributed by atoms with Crippen molar-refractivity contribution in [2.24, 2.45) is 0 Å². The molecule has 0 saturated carbocycles. The zero-order valence-corrected chi connectivity index (χ0v) is 16.8. The van der Waals surface area contributed by atoms with Crippen LogP contribution in [0.2, 0.25) is 0 Å². The summed E-state index contributed by atoms with van der Waals surface area (Å²) in [7, 11) is 0. The minimum Gasteiger partial charge on any atom is -0.477 e. The Bertz CT molecular complexity index is 983. The summed E-state index contributed by atoms with van der Waals surface area (Å²) < 4.78 is 65.9. The number of fused-ring (bicyclic) bond motifs is 1. The molecule has 2 aromatic carbocycles. The van der Waals surface area contributed by atoms with Crippen molar-refractivity contribution >= 4 is 23.0 Å². The fourth-order valence-electron chi connectivity index (χ4n) is 2.71. The monoisotopic (exact) mass is 583 g/mol. The van der Waals surface area contributed by atoms with E-state index >= 15 is 0 Å². The number of hydrogen-bond donors (Lipinski definition) is 0. The number of rotatable bonds is 3. The van der Waals surface area contributed by atoms with Gasteiger partial charge in [0.2, 0.25) is 0 Å². The Morgan fingerprint density at radius 2 is 1.55 bits per heavy atom. The molecule has 153 valence electrons. The van der Waals surface area contributed by atoms with Gasteiger partial charge in [-0.05, 0) is 12.1 Å². The van der Waals surface area contributed by atoms with E-state index in [1.54, 1.807) is 59.5 Å². The number of benzene rings is 2. The van der Waals surface area contributed by atoms with Crippen LogP contribution >= 0.6 is 0 Å². The maximum atomic E-state index is 13.8. The molecule has 4 nitrogen and oxygen atoms in total. The molecule has 1 aromatic heterocycles. The Balaban J connectivity index is 0.00000240. The van der Waals surface area contributed by atoms with E-state index in [0.29, 0.717) is 17.6 Å². The molecule has 0 saturated heterocycles. The topological polar surface area (TPSA) is 32.3 Å². The molecule has 1 aliphatic rings. The summed E-state index contributed by atoms with van der Waals surface area (Å²) in [5.41, 5.74) is -0.404. The second-order valence-corrected chi connectivity index (χ2v) is 5.91. The minimum atomic E-state index is -5.78. The van der Waals surface area contributed by atoms with Gasteiger partial charge in [-0.15, -0.1) is 12.4 Å². The first-order valence-corrected chi connectivity index (χ1v) is 8.06. The van der Waals surface area contributed by atoms with Crippen LogP contribution in [0.15, 0.2) is 60.8 Å². The van der Waals surface area contributed by atoms with Crippen molar-refractivity contribution < 1.29 is 42.1 Å². The van der Waals surface area contributed by atoms with E-state index in [1.807, 2.05) is 0 Å². The second kappa shape index (κ2) is 7.68. The summed E-state index contributed by atoms with van der Waals surface area (Å²) in [6, 6.07) is 18.3. The van der Waals surface area contributed by atoms with Crippen LogP contribution in [-0.2, 0) is 26.0 Å². The number of anilines is 4. The van der Waals surface area contributed by atoms with Gasteiger partial charge in [0.1, 0.15) is 17.3 Å². The summed E-state index contributed by atoms with van der Waals surface area (Å²) in [6.45, 7) is 1.52. The predicted molar refractivity (Wildman–Crippen MR) is 92.3 cm³/mol. The summed E-state index contributed by atoms with van der Waals surface area (Å²) in [6.07, 6.45) is -5.32. The van der Waals surface area contributed by atoms with Gasteiger partial charge in [-0.2, -0.15) is 52.3 Å². The fraction of sp³-hybridized carbons (Fsp3) is 0.105. The van der Waals surface area contributed by atoms with Crippen molar-refractivity contribution in [2.75, 3.05) is 9.80 Å². The van der Waals surface area contributed by atoms with Gasteiger partial charge in [0.05, 0.1) is 6.20 Å². The maximum absolute atomic E-state index is 13.8. The van der Waals surface area contributed by atoms with Crippen molar-refractivity contribution in [3.63, 3.8) is 0 Å². The molecule has 10 heteroatoms. The van der Waals surface area contributed by atoms with Crippen LogP contribution in [0.25, 0.3) is 0 Å². The van der Waals surface area contributed by atoms with E-state index in [0.717, 1.165) is 0 Å². The average molecular weight is 583 g/mol. The van der Waals surface area contributed by atoms with Gasteiger partial charge in [0, 0.05) is 25.8 Å². The molecule has 0 spiro atoms. The zero-order chi connectivity index (χ0) is 19.9. The van der Waals surface area contributed by atoms with Crippen LogP contribution in [-0.4, -0.2) is 16.1 Å². The molecule has 1 radical (unpaired) electrons. The quantitative estimate of drug-likeness (QED) is 0.309. The van der Waals surface area contributed by atoms with Crippen LogP contribution in [0.5, 0.6) is 0 Å². The van der Waals surface area contributed by atoms with Gasteiger partial charge in [-0.3, -0.25) is 0 Å².